The SMILES string of the molecule is CN(C)C(C)(C)c1nc(CCNC(=O)OC(C)(C)C)no1. The Bertz CT molecular complexity index is 475. The number of carbonyl (C=O) groups excluding carboxylic acids is 1. The summed E-state index contributed by atoms with van der Waals surface area (Å²) >= 11 is 0. The van der Waals surface area contributed by atoms with E-state index in [1.165, 1.54) is 0 Å². The molecule has 0 radical (unpaired) electrons. The van der Waals surface area contributed by atoms with Crippen LogP contribution in [0.1, 0.15) is 46.3 Å². The van der Waals surface area contributed by atoms with Crippen LogP contribution in [0, 0.1) is 0 Å². The normalized spacial score (nSPS) is 12.6. The van der Waals surface area contributed by atoms with Crippen LogP contribution in [-0.2, 0) is 16.7 Å². The Morgan fingerprint density at radius 1 is 1.29 bits per heavy atom. The standard InChI is InChI=1S/C14H26N4O3/c1-13(2,3)20-12(19)15-9-8-10-16-11(21-17-10)14(4,5)18(6)7/h8-9H2,1-7H3,(H,15,19). The Kier molecular flexibility index (Phi) is 5.33. The second-order valence-corrected chi connectivity index (χ2v) is 6.65. The lowest BCUT2D eigenvalue weighted by Gasteiger charge is -2.27. The summed E-state index contributed by atoms with van der Waals surface area (Å²) in [5.41, 5.74) is -0.830. The lowest BCUT2D eigenvalue weighted by Crippen LogP contribution is -2.35. The molecule has 0 bridgehead atoms. The fraction of sp³-hybridized carbons (Fsp3) is 0.786. The molecule has 1 amide bonds. The second kappa shape index (κ2) is 6.43. The molecule has 1 aromatic rings. The maximum absolute atomic E-state index is 11.5. The highest BCUT2D eigenvalue weighted by Crippen LogP contribution is 2.23. The highest BCUT2D eigenvalue weighted by Gasteiger charge is 2.29. The molecular formula is C14H26N4O3. The number of hydrogen-bond acceptors (Lipinski definition) is 6. The molecule has 21 heavy (non-hydrogen) atoms. The van der Waals surface area contributed by atoms with Gasteiger partial charge in [0, 0.05) is 13.0 Å². The summed E-state index contributed by atoms with van der Waals surface area (Å²) in [6, 6.07) is 0. The van der Waals surface area contributed by atoms with Crippen LogP contribution in [0.4, 0.5) is 4.79 Å². The zero-order valence-corrected chi connectivity index (χ0v) is 14.0. The molecule has 1 heterocycles. The van der Waals surface area contributed by atoms with Crippen molar-refractivity contribution < 1.29 is 14.1 Å². The van der Waals surface area contributed by atoms with Crippen LogP contribution in [0.25, 0.3) is 0 Å². The Morgan fingerprint density at radius 3 is 2.43 bits per heavy atom. The molecule has 0 saturated heterocycles. The van der Waals surface area contributed by atoms with Crippen molar-refractivity contribution in [3.8, 4) is 0 Å². The minimum absolute atomic E-state index is 0.330. The van der Waals surface area contributed by atoms with E-state index in [1.54, 1.807) is 0 Å². The number of nitrogens with one attached hydrogen (secondary N) is 1. The Hall–Kier alpha value is -1.63. The number of nitrogens with zero attached hydrogens (tertiary/aromatic N) is 3. The minimum Gasteiger partial charge on any atom is -0.444 e. The van der Waals surface area contributed by atoms with Crippen molar-refractivity contribution in [2.75, 3.05) is 20.6 Å². The maximum atomic E-state index is 11.5. The molecule has 0 unspecified atom stereocenters. The van der Waals surface area contributed by atoms with Crippen molar-refractivity contribution in [3.05, 3.63) is 11.7 Å². The number of carbonyl (C=O) groups is 1. The van der Waals surface area contributed by atoms with Crippen LogP contribution in [0.2, 0.25) is 0 Å². The van der Waals surface area contributed by atoms with Crippen molar-refractivity contribution in [1.29, 1.82) is 0 Å². The van der Waals surface area contributed by atoms with E-state index < -0.39 is 11.7 Å². The molecule has 0 saturated carbocycles. The topological polar surface area (TPSA) is 80.5 Å². The van der Waals surface area contributed by atoms with Gasteiger partial charge in [-0.15, -0.1) is 0 Å². The molecule has 7 nitrogen and oxygen atoms in total. The summed E-state index contributed by atoms with van der Waals surface area (Å²) in [5, 5.41) is 6.60. The van der Waals surface area contributed by atoms with Crippen LogP contribution in [0.5, 0.6) is 0 Å². The molecule has 1 N–H and O–H groups in total. The van der Waals surface area contributed by atoms with Crippen molar-refractivity contribution in [2.45, 2.75) is 52.2 Å². The van der Waals surface area contributed by atoms with E-state index in [0.29, 0.717) is 24.7 Å². The smallest absolute Gasteiger partial charge is 0.407 e. The first kappa shape index (κ1) is 17.4. The van der Waals surface area contributed by atoms with E-state index in [4.69, 9.17) is 9.26 Å². The maximum Gasteiger partial charge on any atom is 0.407 e. The number of rotatable bonds is 5. The molecular weight excluding hydrogens is 272 g/mol. The minimum atomic E-state index is -0.501. The molecule has 0 aliphatic heterocycles. The highest BCUT2D eigenvalue weighted by molar-refractivity contribution is 5.67. The van der Waals surface area contributed by atoms with Crippen molar-refractivity contribution in [2.24, 2.45) is 0 Å². The van der Waals surface area contributed by atoms with Crippen LogP contribution < -0.4 is 5.32 Å². The van der Waals surface area contributed by atoms with Gasteiger partial charge in [0.2, 0.25) is 5.89 Å². The largest absolute Gasteiger partial charge is 0.444 e. The quantitative estimate of drug-likeness (QED) is 0.894. The summed E-state index contributed by atoms with van der Waals surface area (Å²) in [4.78, 5) is 17.9. The summed E-state index contributed by atoms with van der Waals surface area (Å²) in [7, 11) is 3.90. The monoisotopic (exact) mass is 298 g/mol. The lowest BCUT2D eigenvalue weighted by atomic mass is 10.0. The number of ether oxygens (including phenoxy) is 1. The number of aromatic nitrogens is 2. The third-order valence-corrected chi connectivity index (χ3v) is 3.13. The molecule has 0 aromatic carbocycles. The number of hydrogen-bond donors (Lipinski definition) is 1. The van der Waals surface area contributed by atoms with Gasteiger partial charge in [-0.2, -0.15) is 4.98 Å². The summed E-state index contributed by atoms with van der Waals surface area (Å²) < 4.78 is 10.4. The molecule has 120 valence electrons. The van der Waals surface area contributed by atoms with E-state index in [0.717, 1.165) is 0 Å². The highest BCUT2D eigenvalue weighted by atomic mass is 16.6. The van der Waals surface area contributed by atoms with Crippen molar-refractivity contribution >= 4 is 6.09 Å². The Labute approximate surface area is 126 Å². The summed E-state index contributed by atoms with van der Waals surface area (Å²) in [6.07, 6.45) is 0.0477. The third-order valence-electron chi connectivity index (χ3n) is 3.13. The van der Waals surface area contributed by atoms with Gasteiger partial charge in [-0.3, -0.25) is 4.90 Å². The van der Waals surface area contributed by atoms with Gasteiger partial charge in [-0.1, -0.05) is 5.16 Å². The van der Waals surface area contributed by atoms with Gasteiger partial charge in [0.15, 0.2) is 5.82 Å². The summed E-state index contributed by atoms with van der Waals surface area (Å²) in [5.74, 6) is 1.12. The first-order chi connectivity index (χ1) is 9.52. The molecule has 0 aliphatic carbocycles. The fourth-order valence-corrected chi connectivity index (χ4v) is 1.39. The van der Waals surface area contributed by atoms with Crippen LogP contribution >= 0.6 is 0 Å². The van der Waals surface area contributed by atoms with Crippen LogP contribution in [0.3, 0.4) is 0 Å². The molecule has 0 atom stereocenters. The molecule has 0 aliphatic rings. The molecule has 1 rings (SSSR count). The summed E-state index contributed by atoms with van der Waals surface area (Å²) in [6.45, 7) is 9.87. The van der Waals surface area contributed by atoms with Gasteiger partial charge in [-0.05, 0) is 48.7 Å². The zero-order chi connectivity index (χ0) is 16.3. The van der Waals surface area contributed by atoms with Gasteiger partial charge < -0.3 is 14.6 Å². The molecule has 0 spiro atoms. The van der Waals surface area contributed by atoms with Crippen LogP contribution in [-0.4, -0.2) is 47.4 Å². The number of amides is 1. The predicted molar refractivity (Wildman–Crippen MR) is 79.0 cm³/mol. The van der Waals surface area contributed by atoms with Crippen LogP contribution in [0.15, 0.2) is 4.52 Å². The van der Waals surface area contributed by atoms with Gasteiger partial charge in [0.25, 0.3) is 0 Å². The van der Waals surface area contributed by atoms with Gasteiger partial charge >= 0.3 is 6.09 Å². The van der Waals surface area contributed by atoms with E-state index in [-0.39, 0.29) is 5.54 Å². The molecule has 0 fully saturated rings. The third kappa shape index (κ3) is 5.34. The van der Waals surface area contributed by atoms with Crippen molar-refractivity contribution in [1.82, 2.24) is 20.4 Å². The van der Waals surface area contributed by atoms with E-state index in [9.17, 15) is 4.79 Å². The molecule has 7 heteroatoms. The average Bonchev–Trinajstić information content (AvgIpc) is 2.75. The fourth-order valence-electron chi connectivity index (χ4n) is 1.39. The zero-order valence-electron chi connectivity index (χ0n) is 14.0. The first-order valence-electron chi connectivity index (χ1n) is 7.00. The van der Waals surface area contributed by atoms with Gasteiger partial charge in [0.05, 0.1) is 5.54 Å². The number of alkyl carbamates (subject to hydrolysis) is 1. The lowest BCUT2D eigenvalue weighted by molar-refractivity contribution is 0.0528. The predicted octanol–water partition coefficient (Wildman–Crippen LogP) is 1.93. The van der Waals surface area contributed by atoms with E-state index in [1.807, 2.05) is 53.6 Å². The first-order valence-corrected chi connectivity index (χ1v) is 7.00. The van der Waals surface area contributed by atoms with Gasteiger partial charge in [0.1, 0.15) is 5.60 Å². The van der Waals surface area contributed by atoms with E-state index in [2.05, 4.69) is 15.5 Å². The molecule has 1 aromatic heterocycles. The average molecular weight is 298 g/mol. The Balaban J connectivity index is 2.48. The van der Waals surface area contributed by atoms with Gasteiger partial charge in [-0.25, -0.2) is 4.79 Å². The van der Waals surface area contributed by atoms with E-state index >= 15 is 0 Å². The second-order valence-electron chi connectivity index (χ2n) is 6.65. The Morgan fingerprint density at radius 2 is 1.90 bits per heavy atom. The van der Waals surface area contributed by atoms with Crippen molar-refractivity contribution in [3.63, 3.8) is 0 Å².